The molecule has 0 amide bonds. The Morgan fingerprint density at radius 2 is 2.09 bits per heavy atom. The Bertz CT molecular complexity index is 216. The predicted molar refractivity (Wildman–Crippen MR) is 44.5 cm³/mol. The Hall–Kier alpha value is -1.12. The fourth-order valence-electron chi connectivity index (χ4n) is 0.947. The number of hydrogen-bond donors (Lipinski definition) is 0. The number of nitrogens with zero attached hydrogens (tertiary/aromatic N) is 2. The summed E-state index contributed by atoms with van der Waals surface area (Å²) in [4.78, 5) is 10.7. The molecule has 0 saturated heterocycles. The van der Waals surface area contributed by atoms with Crippen LogP contribution in [-0.4, -0.2) is 30.6 Å². The fraction of sp³-hybridized carbons (Fsp3) is 0.500. The van der Waals surface area contributed by atoms with Gasteiger partial charge in [-0.15, -0.1) is 0 Å². The molecule has 1 aliphatic carbocycles. The van der Waals surface area contributed by atoms with Gasteiger partial charge in [-0.2, -0.15) is 5.10 Å². The molecule has 0 fully saturated rings. The number of carbonyl (C=O) groups is 1. The van der Waals surface area contributed by atoms with Gasteiger partial charge in [0.1, 0.15) is 0 Å². The van der Waals surface area contributed by atoms with Gasteiger partial charge in [-0.1, -0.05) is 0 Å². The molecule has 0 spiro atoms. The summed E-state index contributed by atoms with van der Waals surface area (Å²) in [6, 6.07) is 0. The minimum absolute atomic E-state index is 0.197. The molecular weight excluding hydrogens is 140 g/mol. The summed E-state index contributed by atoms with van der Waals surface area (Å²) in [6.07, 6.45) is 4.74. The normalized spacial score (nSPS) is 20.9. The number of ketones is 1. The van der Waals surface area contributed by atoms with Crippen molar-refractivity contribution in [2.75, 3.05) is 14.1 Å². The van der Waals surface area contributed by atoms with Crippen molar-refractivity contribution in [2.24, 2.45) is 5.10 Å². The van der Waals surface area contributed by atoms with Crippen molar-refractivity contribution in [1.82, 2.24) is 5.01 Å². The third-order valence-electron chi connectivity index (χ3n) is 1.42. The van der Waals surface area contributed by atoms with Crippen molar-refractivity contribution in [1.29, 1.82) is 0 Å². The molecule has 0 heterocycles. The zero-order valence-corrected chi connectivity index (χ0v) is 6.87. The molecule has 3 nitrogen and oxygen atoms in total. The van der Waals surface area contributed by atoms with Crippen molar-refractivity contribution in [3.63, 3.8) is 0 Å². The molecule has 0 aromatic carbocycles. The zero-order chi connectivity index (χ0) is 8.27. The van der Waals surface area contributed by atoms with E-state index in [0.29, 0.717) is 6.42 Å². The Morgan fingerprint density at radius 3 is 2.55 bits per heavy atom. The van der Waals surface area contributed by atoms with E-state index in [9.17, 15) is 4.79 Å². The Kier molecular flexibility index (Phi) is 2.41. The van der Waals surface area contributed by atoms with Crippen LogP contribution in [0.5, 0.6) is 0 Å². The maximum atomic E-state index is 10.7. The lowest BCUT2D eigenvalue weighted by Crippen LogP contribution is -2.12. The highest BCUT2D eigenvalue weighted by Crippen LogP contribution is 2.04. The summed E-state index contributed by atoms with van der Waals surface area (Å²) in [5.41, 5.74) is 0.981. The number of allylic oxidation sites excluding steroid dienone is 2. The first-order chi connectivity index (χ1) is 5.18. The molecule has 0 bridgehead atoms. The number of hydrazone groups is 1. The van der Waals surface area contributed by atoms with Crippen LogP contribution < -0.4 is 0 Å². The van der Waals surface area contributed by atoms with Crippen molar-refractivity contribution in [2.45, 2.75) is 12.8 Å². The van der Waals surface area contributed by atoms with Gasteiger partial charge in [-0.25, -0.2) is 0 Å². The molecule has 0 unspecified atom stereocenters. The number of rotatable bonds is 1. The Morgan fingerprint density at radius 1 is 1.36 bits per heavy atom. The Labute approximate surface area is 66.4 Å². The lowest BCUT2D eigenvalue weighted by atomic mass is 10.1. The van der Waals surface area contributed by atoms with Gasteiger partial charge in [0.25, 0.3) is 0 Å². The van der Waals surface area contributed by atoms with Crippen LogP contribution in [0.25, 0.3) is 0 Å². The summed E-state index contributed by atoms with van der Waals surface area (Å²) < 4.78 is 0. The molecule has 0 saturated carbocycles. The highest BCUT2D eigenvalue weighted by Gasteiger charge is 2.06. The third kappa shape index (κ3) is 2.53. The van der Waals surface area contributed by atoms with Gasteiger partial charge in [-0.05, 0) is 18.6 Å². The summed E-state index contributed by atoms with van der Waals surface area (Å²) in [6.45, 7) is 0. The molecule has 1 rings (SSSR count). The number of hydrogen-bond acceptors (Lipinski definition) is 3. The van der Waals surface area contributed by atoms with E-state index in [1.54, 1.807) is 17.2 Å². The molecule has 0 radical (unpaired) electrons. The van der Waals surface area contributed by atoms with E-state index < -0.39 is 0 Å². The summed E-state index contributed by atoms with van der Waals surface area (Å²) in [7, 11) is 3.74. The van der Waals surface area contributed by atoms with Gasteiger partial charge in [0.05, 0.1) is 5.71 Å². The SMILES string of the molecule is CN(C)N=C1C=CC(=O)CC1. The van der Waals surface area contributed by atoms with Gasteiger partial charge in [0.2, 0.25) is 0 Å². The first-order valence-corrected chi connectivity index (χ1v) is 3.64. The molecule has 0 aromatic heterocycles. The molecule has 60 valence electrons. The van der Waals surface area contributed by atoms with Crippen LogP contribution in [0.4, 0.5) is 0 Å². The van der Waals surface area contributed by atoms with Gasteiger partial charge in [0, 0.05) is 20.5 Å². The van der Waals surface area contributed by atoms with Crippen LogP contribution in [0, 0.1) is 0 Å². The van der Waals surface area contributed by atoms with E-state index in [1.807, 2.05) is 14.1 Å². The highest BCUT2D eigenvalue weighted by molar-refractivity contribution is 6.06. The maximum absolute atomic E-state index is 10.7. The lowest BCUT2D eigenvalue weighted by molar-refractivity contribution is -0.114. The van der Waals surface area contributed by atoms with Crippen LogP contribution in [0.1, 0.15) is 12.8 Å². The van der Waals surface area contributed by atoms with Crippen molar-refractivity contribution >= 4 is 11.5 Å². The quantitative estimate of drug-likeness (QED) is 0.521. The van der Waals surface area contributed by atoms with Crippen molar-refractivity contribution in [3.05, 3.63) is 12.2 Å². The summed E-state index contributed by atoms with van der Waals surface area (Å²) >= 11 is 0. The third-order valence-corrected chi connectivity index (χ3v) is 1.42. The van der Waals surface area contributed by atoms with Gasteiger partial charge in [0.15, 0.2) is 5.78 Å². The molecule has 0 N–H and O–H groups in total. The largest absolute Gasteiger partial charge is 0.303 e. The van der Waals surface area contributed by atoms with Crippen LogP contribution in [0.15, 0.2) is 17.3 Å². The summed E-state index contributed by atoms with van der Waals surface area (Å²) in [5.74, 6) is 0.197. The maximum Gasteiger partial charge on any atom is 0.156 e. The molecule has 11 heavy (non-hydrogen) atoms. The molecule has 0 aromatic rings. The monoisotopic (exact) mass is 152 g/mol. The van der Waals surface area contributed by atoms with E-state index in [0.717, 1.165) is 12.1 Å². The van der Waals surface area contributed by atoms with Gasteiger partial charge in [-0.3, -0.25) is 4.79 Å². The summed E-state index contributed by atoms with van der Waals surface area (Å²) in [5, 5.41) is 5.93. The van der Waals surface area contributed by atoms with E-state index in [4.69, 9.17) is 0 Å². The molecular formula is C8H12N2O. The molecule has 0 aliphatic heterocycles. The first kappa shape index (κ1) is 7.98. The van der Waals surface area contributed by atoms with Crippen LogP contribution in [0.2, 0.25) is 0 Å². The fourth-order valence-corrected chi connectivity index (χ4v) is 0.947. The lowest BCUT2D eigenvalue weighted by Gasteiger charge is -2.09. The minimum atomic E-state index is 0.197. The van der Waals surface area contributed by atoms with Crippen molar-refractivity contribution in [3.8, 4) is 0 Å². The molecule has 1 aliphatic rings. The zero-order valence-electron chi connectivity index (χ0n) is 6.87. The minimum Gasteiger partial charge on any atom is -0.303 e. The van der Waals surface area contributed by atoms with E-state index >= 15 is 0 Å². The van der Waals surface area contributed by atoms with E-state index in [1.165, 1.54) is 0 Å². The average molecular weight is 152 g/mol. The van der Waals surface area contributed by atoms with Gasteiger partial charge < -0.3 is 5.01 Å². The molecule has 3 heteroatoms. The van der Waals surface area contributed by atoms with Crippen LogP contribution >= 0.6 is 0 Å². The first-order valence-electron chi connectivity index (χ1n) is 3.64. The van der Waals surface area contributed by atoms with E-state index in [2.05, 4.69) is 5.10 Å². The van der Waals surface area contributed by atoms with Crippen molar-refractivity contribution < 1.29 is 4.79 Å². The molecule has 0 atom stereocenters. The second kappa shape index (κ2) is 3.32. The van der Waals surface area contributed by atoms with Crippen LogP contribution in [-0.2, 0) is 4.79 Å². The average Bonchev–Trinajstić information content (AvgIpc) is 1.93. The van der Waals surface area contributed by atoms with Crippen LogP contribution in [0.3, 0.4) is 0 Å². The standard InChI is InChI=1S/C8H12N2O/c1-10(2)9-7-3-5-8(11)6-4-7/h3,5H,4,6H2,1-2H3. The second-order valence-electron chi connectivity index (χ2n) is 2.74. The second-order valence-corrected chi connectivity index (χ2v) is 2.74. The highest BCUT2D eigenvalue weighted by atomic mass is 16.1. The predicted octanol–water partition coefficient (Wildman–Crippen LogP) is 0.823. The smallest absolute Gasteiger partial charge is 0.156 e. The topological polar surface area (TPSA) is 32.7 Å². The number of carbonyl (C=O) groups excluding carboxylic acids is 1. The van der Waals surface area contributed by atoms with E-state index in [-0.39, 0.29) is 5.78 Å². The van der Waals surface area contributed by atoms with Gasteiger partial charge >= 0.3 is 0 Å². The Balaban J connectivity index is 2.63.